The highest BCUT2D eigenvalue weighted by molar-refractivity contribution is 7.89. The maximum Gasteiger partial charge on any atom is 0.307 e. The molecule has 140 valence electrons. The number of ether oxygens (including phenoxy) is 1. The summed E-state index contributed by atoms with van der Waals surface area (Å²) in [7, 11) is -1.74. The number of nitriles is 1. The van der Waals surface area contributed by atoms with Crippen molar-refractivity contribution in [3.8, 4) is 6.07 Å². The molecule has 1 aromatic heterocycles. The molecule has 0 saturated heterocycles. The summed E-state index contributed by atoms with van der Waals surface area (Å²) < 4.78 is 33.2. The van der Waals surface area contributed by atoms with E-state index in [0.717, 1.165) is 5.52 Å². The number of sulfonamides is 1. The number of hydrogen-bond acceptors (Lipinski definition) is 6. The molecule has 1 heterocycles. The van der Waals surface area contributed by atoms with Gasteiger partial charge in [-0.3, -0.25) is 4.79 Å². The Balaban J connectivity index is 2.28. The minimum absolute atomic E-state index is 0.101. The second-order valence-corrected chi connectivity index (χ2v) is 7.58. The molecule has 9 heteroatoms. The first-order chi connectivity index (χ1) is 12.3. The molecule has 0 amide bonds. The van der Waals surface area contributed by atoms with Gasteiger partial charge in [0, 0.05) is 26.6 Å². The average molecular weight is 378 g/mol. The van der Waals surface area contributed by atoms with Crippen LogP contribution in [0.25, 0.3) is 11.0 Å². The van der Waals surface area contributed by atoms with Crippen LogP contribution in [0.15, 0.2) is 23.1 Å². The van der Waals surface area contributed by atoms with E-state index >= 15 is 0 Å². The van der Waals surface area contributed by atoms with Crippen LogP contribution in [0.1, 0.15) is 26.1 Å². The molecular weight excluding hydrogens is 356 g/mol. The zero-order chi connectivity index (χ0) is 19.3. The molecule has 26 heavy (non-hydrogen) atoms. The van der Waals surface area contributed by atoms with Gasteiger partial charge in [-0.15, -0.1) is 0 Å². The second kappa shape index (κ2) is 8.29. The predicted octanol–water partition coefficient (Wildman–Crippen LogP) is 1.60. The standard InChI is InChI=1S/C17H22N4O4S/c1-4-21(5-2)26(23,24)13-6-7-15-14(12-13)19-16(20(15)3)8-9-17(22)25-11-10-18/h6-7,12H,4-5,8-9,11H2,1-3H3. The first kappa shape index (κ1) is 19.9. The van der Waals surface area contributed by atoms with E-state index in [1.54, 1.807) is 38.1 Å². The SMILES string of the molecule is CCN(CC)S(=O)(=O)c1ccc2c(c1)nc(CCC(=O)OCC#N)n2C. The lowest BCUT2D eigenvalue weighted by molar-refractivity contribution is -0.142. The van der Waals surface area contributed by atoms with Gasteiger partial charge in [0.1, 0.15) is 11.9 Å². The number of imidazole rings is 1. The number of nitrogens with zero attached hydrogens (tertiary/aromatic N) is 4. The molecule has 0 fully saturated rings. The summed E-state index contributed by atoms with van der Waals surface area (Å²) in [5.74, 6) is 0.176. The fraction of sp³-hybridized carbons (Fsp3) is 0.471. The number of aromatic nitrogens is 2. The van der Waals surface area contributed by atoms with E-state index in [1.807, 2.05) is 11.6 Å². The highest BCUT2D eigenvalue weighted by atomic mass is 32.2. The molecule has 0 unspecified atom stereocenters. The zero-order valence-corrected chi connectivity index (χ0v) is 15.9. The van der Waals surface area contributed by atoms with Crippen molar-refractivity contribution in [3.63, 3.8) is 0 Å². The van der Waals surface area contributed by atoms with Crippen LogP contribution in [0.5, 0.6) is 0 Å². The second-order valence-electron chi connectivity index (χ2n) is 5.65. The number of rotatable bonds is 8. The lowest BCUT2D eigenvalue weighted by Gasteiger charge is -2.18. The van der Waals surface area contributed by atoms with Gasteiger partial charge in [0.2, 0.25) is 10.0 Å². The molecule has 0 saturated carbocycles. The van der Waals surface area contributed by atoms with E-state index in [4.69, 9.17) is 10.00 Å². The minimum atomic E-state index is -3.55. The molecule has 0 atom stereocenters. The Kier molecular flexibility index (Phi) is 6.34. The third-order valence-electron chi connectivity index (χ3n) is 4.14. The number of aryl methyl sites for hydroxylation is 2. The monoisotopic (exact) mass is 378 g/mol. The van der Waals surface area contributed by atoms with Gasteiger partial charge in [-0.2, -0.15) is 9.57 Å². The van der Waals surface area contributed by atoms with Crippen LogP contribution in [0.3, 0.4) is 0 Å². The Labute approximate surface area is 153 Å². The zero-order valence-electron chi connectivity index (χ0n) is 15.1. The first-order valence-corrected chi connectivity index (χ1v) is 9.77. The molecular formula is C17H22N4O4S. The first-order valence-electron chi connectivity index (χ1n) is 8.33. The molecule has 0 aliphatic rings. The van der Waals surface area contributed by atoms with Crippen molar-refractivity contribution < 1.29 is 17.9 Å². The van der Waals surface area contributed by atoms with Gasteiger partial charge in [0.05, 0.1) is 22.3 Å². The minimum Gasteiger partial charge on any atom is -0.450 e. The molecule has 0 radical (unpaired) electrons. The highest BCUT2D eigenvalue weighted by Crippen LogP contribution is 2.22. The van der Waals surface area contributed by atoms with Crippen LogP contribution in [-0.2, 0) is 33.0 Å². The van der Waals surface area contributed by atoms with E-state index in [0.29, 0.717) is 30.9 Å². The average Bonchev–Trinajstić information content (AvgIpc) is 2.94. The van der Waals surface area contributed by atoms with Crippen molar-refractivity contribution in [2.75, 3.05) is 19.7 Å². The van der Waals surface area contributed by atoms with Crippen molar-refractivity contribution >= 4 is 27.0 Å². The fourth-order valence-corrected chi connectivity index (χ4v) is 4.20. The van der Waals surface area contributed by atoms with E-state index in [9.17, 15) is 13.2 Å². The number of carbonyl (C=O) groups excluding carboxylic acids is 1. The number of carbonyl (C=O) groups is 1. The highest BCUT2D eigenvalue weighted by Gasteiger charge is 2.22. The van der Waals surface area contributed by atoms with E-state index in [-0.39, 0.29) is 17.9 Å². The topological polar surface area (TPSA) is 105 Å². The summed E-state index contributed by atoms with van der Waals surface area (Å²) >= 11 is 0. The van der Waals surface area contributed by atoms with Gasteiger partial charge in [-0.1, -0.05) is 13.8 Å². The van der Waals surface area contributed by atoms with Crippen molar-refractivity contribution in [3.05, 3.63) is 24.0 Å². The van der Waals surface area contributed by atoms with Gasteiger partial charge >= 0.3 is 5.97 Å². The summed E-state index contributed by atoms with van der Waals surface area (Å²) in [5.41, 5.74) is 1.34. The smallest absolute Gasteiger partial charge is 0.307 e. The summed E-state index contributed by atoms with van der Waals surface area (Å²) in [6.45, 7) is 4.12. The van der Waals surface area contributed by atoms with Gasteiger partial charge in [0.25, 0.3) is 0 Å². The molecule has 0 aliphatic carbocycles. The van der Waals surface area contributed by atoms with Crippen molar-refractivity contribution in [2.24, 2.45) is 7.05 Å². The quantitative estimate of drug-likeness (QED) is 0.646. The number of benzene rings is 1. The summed E-state index contributed by atoms with van der Waals surface area (Å²) in [6, 6.07) is 6.59. The number of fused-ring (bicyclic) bond motifs is 1. The Morgan fingerprint density at radius 1 is 1.35 bits per heavy atom. The molecule has 0 spiro atoms. The van der Waals surface area contributed by atoms with Crippen LogP contribution in [-0.4, -0.2) is 47.9 Å². The maximum atomic E-state index is 12.6. The van der Waals surface area contributed by atoms with Crippen molar-refractivity contribution in [2.45, 2.75) is 31.6 Å². The van der Waals surface area contributed by atoms with Crippen LogP contribution in [0, 0.1) is 11.3 Å². The normalized spacial score (nSPS) is 11.7. The molecule has 0 aliphatic heterocycles. The van der Waals surface area contributed by atoms with Gasteiger partial charge in [-0.05, 0) is 18.2 Å². The molecule has 2 aromatic rings. The third kappa shape index (κ3) is 4.03. The van der Waals surface area contributed by atoms with Gasteiger partial charge < -0.3 is 9.30 Å². The van der Waals surface area contributed by atoms with Crippen molar-refractivity contribution in [1.82, 2.24) is 13.9 Å². The van der Waals surface area contributed by atoms with Crippen LogP contribution in [0.4, 0.5) is 0 Å². The van der Waals surface area contributed by atoms with Gasteiger partial charge in [0.15, 0.2) is 6.61 Å². The van der Waals surface area contributed by atoms with E-state index in [2.05, 4.69) is 4.98 Å². The number of esters is 1. The fourth-order valence-electron chi connectivity index (χ4n) is 2.72. The number of hydrogen-bond donors (Lipinski definition) is 0. The molecule has 8 nitrogen and oxygen atoms in total. The Morgan fingerprint density at radius 2 is 2.04 bits per heavy atom. The van der Waals surface area contributed by atoms with Crippen molar-refractivity contribution in [1.29, 1.82) is 5.26 Å². The van der Waals surface area contributed by atoms with E-state index < -0.39 is 16.0 Å². The van der Waals surface area contributed by atoms with Crippen LogP contribution >= 0.6 is 0 Å². The summed E-state index contributed by atoms with van der Waals surface area (Å²) in [6.07, 6.45) is 0.441. The Morgan fingerprint density at radius 3 is 2.65 bits per heavy atom. The molecule has 0 N–H and O–H groups in total. The molecule has 0 bridgehead atoms. The maximum absolute atomic E-state index is 12.6. The van der Waals surface area contributed by atoms with Crippen LogP contribution in [0.2, 0.25) is 0 Å². The Hall–Kier alpha value is -2.44. The van der Waals surface area contributed by atoms with Crippen LogP contribution < -0.4 is 0 Å². The molecule has 2 rings (SSSR count). The lowest BCUT2D eigenvalue weighted by atomic mass is 10.3. The summed E-state index contributed by atoms with van der Waals surface area (Å²) in [4.78, 5) is 16.2. The van der Waals surface area contributed by atoms with Gasteiger partial charge in [-0.25, -0.2) is 13.4 Å². The summed E-state index contributed by atoms with van der Waals surface area (Å²) in [5, 5.41) is 8.41. The largest absolute Gasteiger partial charge is 0.450 e. The lowest BCUT2D eigenvalue weighted by Crippen LogP contribution is -2.30. The Bertz CT molecular complexity index is 940. The third-order valence-corrected chi connectivity index (χ3v) is 6.18. The molecule has 1 aromatic carbocycles. The predicted molar refractivity (Wildman–Crippen MR) is 95.7 cm³/mol. The van der Waals surface area contributed by atoms with E-state index in [1.165, 1.54) is 4.31 Å².